The number of nitrogens with zero attached hydrogens (tertiary/aromatic N) is 2. The standard InChI is InChI=1S/C8H15N3S/c1-8(2,5-9)6-12-7(10-3)11-4/h6H2,1-4H3,(H,10,11). The molecule has 0 aliphatic heterocycles. The minimum atomic E-state index is -0.280. The van der Waals surface area contributed by atoms with Gasteiger partial charge in [-0.3, -0.25) is 4.99 Å². The Morgan fingerprint density at radius 2 is 2.25 bits per heavy atom. The molecule has 0 amide bonds. The fourth-order valence-electron chi connectivity index (χ4n) is 0.530. The van der Waals surface area contributed by atoms with E-state index < -0.39 is 0 Å². The Balaban J connectivity index is 3.92. The van der Waals surface area contributed by atoms with Gasteiger partial charge in [-0.1, -0.05) is 11.8 Å². The van der Waals surface area contributed by atoms with Crippen molar-refractivity contribution in [1.82, 2.24) is 5.32 Å². The molecule has 0 rings (SSSR count). The van der Waals surface area contributed by atoms with Crippen molar-refractivity contribution in [2.45, 2.75) is 13.8 Å². The molecule has 0 saturated heterocycles. The van der Waals surface area contributed by atoms with Gasteiger partial charge in [0.25, 0.3) is 0 Å². The molecule has 68 valence electrons. The van der Waals surface area contributed by atoms with Crippen molar-refractivity contribution in [3.63, 3.8) is 0 Å². The molecule has 0 saturated carbocycles. The van der Waals surface area contributed by atoms with Gasteiger partial charge in [-0.15, -0.1) is 0 Å². The van der Waals surface area contributed by atoms with Crippen LogP contribution in [-0.4, -0.2) is 25.0 Å². The van der Waals surface area contributed by atoms with Crippen molar-refractivity contribution >= 4 is 16.9 Å². The van der Waals surface area contributed by atoms with E-state index in [-0.39, 0.29) is 5.41 Å². The molecular weight excluding hydrogens is 170 g/mol. The van der Waals surface area contributed by atoms with Gasteiger partial charge >= 0.3 is 0 Å². The molecule has 3 nitrogen and oxygen atoms in total. The predicted molar refractivity (Wildman–Crippen MR) is 54.3 cm³/mol. The summed E-state index contributed by atoms with van der Waals surface area (Å²) in [6.45, 7) is 3.84. The highest BCUT2D eigenvalue weighted by molar-refractivity contribution is 8.13. The minimum absolute atomic E-state index is 0.280. The monoisotopic (exact) mass is 185 g/mol. The Kier molecular flexibility index (Phi) is 4.75. The van der Waals surface area contributed by atoms with Crippen LogP contribution in [0.2, 0.25) is 0 Å². The molecule has 0 bridgehead atoms. The van der Waals surface area contributed by atoms with E-state index >= 15 is 0 Å². The fraction of sp³-hybridized carbons (Fsp3) is 0.750. The van der Waals surface area contributed by atoms with E-state index in [1.54, 1.807) is 18.8 Å². The molecule has 1 N–H and O–H groups in total. The normalized spacial score (nSPS) is 12.4. The van der Waals surface area contributed by atoms with Crippen LogP contribution in [-0.2, 0) is 0 Å². The van der Waals surface area contributed by atoms with Crippen LogP contribution in [0.15, 0.2) is 4.99 Å². The highest BCUT2D eigenvalue weighted by atomic mass is 32.2. The maximum Gasteiger partial charge on any atom is 0.156 e. The smallest absolute Gasteiger partial charge is 0.156 e. The van der Waals surface area contributed by atoms with Crippen LogP contribution in [0.4, 0.5) is 0 Å². The summed E-state index contributed by atoms with van der Waals surface area (Å²) in [5.41, 5.74) is -0.280. The van der Waals surface area contributed by atoms with Crippen LogP contribution in [0.1, 0.15) is 13.8 Å². The van der Waals surface area contributed by atoms with Gasteiger partial charge in [0.1, 0.15) is 0 Å². The molecule has 0 fully saturated rings. The van der Waals surface area contributed by atoms with Crippen molar-refractivity contribution < 1.29 is 0 Å². The first-order valence-corrected chi connectivity index (χ1v) is 4.73. The van der Waals surface area contributed by atoms with Crippen LogP contribution in [0.5, 0.6) is 0 Å². The average Bonchev–Trinajstić information content (AvgIpc) is 2.06. The molecule has 0 aliphatic carbocycles. The second-order valence-electron chi connectivity index (χ2n) is 3.06. The Morgan fingerprint density at radius 3 is 2.58 bits per heavy atom. The second-order valence-corrected chi connectivity index (χ2v) is 4.03. The maximum atomic E-state index is 8.73. The Labute approximate surface area is 78.3 Å². The first kappa shape index (κ1) is 11.3. The summed E-state index contributed by atoms with van der Waals surface area (Å²) < 4.78 is 0. The zero-order valence-electron chi connectivity index (χ0n) is 8.01. The molecule has 0 aliphatic rings. The van der Waals surface area contributed by atoms with Gasteiger partial charge < -0.3 is 5.32 Å². The fourth-order valence-corrected chi connectivity index (χ4v) is 1.37. The van der Waals surface area contributed by atoms with E-state index in [1.807, 2.05) is 20.9 Å². The van der Waals surface area contributed by atoms with Crippen LogP contribution < -0.4 is 5.32 Å². The van der Waals surface area contributed by atoms with E-state index in [0.717, 1.165) is 10.9 Å². The SMILES string of the molecule is CN=C(NC)SCC(C)(C)C#N. The summed E-state index contributed by atoms with van der Waals surface area (Å²) >= 11 is 1.57. The number of hydrogen-bond donors (Lipinski definition) is 1. The van der Waals surface area contributed by atoms with E-state index in [1.165, 1.54) is 0 Å². The van der Waals surface area contributed by atoms with E-state index in [2.05, 4.69) is 16.4 Å². The van der Waals surface area contributed by atoms with Crippen LogP contribution in [0, 0.1) is 16.7 Å². The minimum Gasteiger partial charge on any atom is -0.368 e. The number of hydrogen-bond acceptors (Lipinski definition) is 3. The largest absolute Gasteiger partial charge is 0.368 e. The van der Waals surface area contributed by atoms with Gasteiger partial charge in [0, 0.05) is 19.8 Å². The lowest BCUT2D eigenvalue weighted by Crippen LogP contribution is -2.19. The Hall–Kier alpha value is -0.690. The second kappa shape index (κ2) is 5.04. The lowest BCUT2D eigenvalue weighted by Gasteiger charge is -2.14. The van der Waals surface area contributed by atoms with Crippen molar-refractivity contribution in [2.75, 3.05) is 19.8 Å². The molecule has 12 heavy (non-hydrogen) atoms. The molecule has 0 atom stereocenters. The third kappa shape index (κ3) is 4.24. The van der Waals surface area contributed by atoms with Crippen molar-refractivity contribution in [2.24, 2.45) is 10.4 Å². The highest BCUT2D eigenvalue weighted by Gasteiger charge is 2.17. The number of rotatable bonds is 2. The highest BCUT2D eigenvalue weighted by Crippen LogP contribution is 2.20. The summed E-state index contributed by atoms with van der Waals surface area (Å²) in [5, 5.41) is 12.6. The average molecular weight is 185 g/mol. The Morgan fingerprint density at radius 1 is 1.67 bits per heavy atom. The number of aliphatic imine (C=N–C) groups is 1. The lowest BCUT2D eigenvalue weighted by molar-refractivity contribution is 0.575. The number of nitriles is 1. The first-order valence-electron chi connectivity index (χ1n) is 3.74. The molecule has 0 aromatic rings. The molecule has 0 spiro atoms. The molecule has 0 heterocycles. The molecule has 4 heteroatoms. The lowest BCUT2D eigenvalue weighted by atomic mass is 10.00. The summed E-state index contributed by atoms with van der Waals surface area (Å²) in [6.07, 6.45) is 0. The first-order chi connectivity index (χ1) is 5.55. The number of thioether (sulfide) groups is 1. The molecule has 0 unspecified atom stereocenters. The van der Waals surface area contributed by atoms with E-state index in [9.17, 15) is 0 Å². The van der Waals surface area contributed by atoms with Crippen LogP contribution in [0.25, 0.3) is 0 Å². The number of nitrogens with one attached hydrogen (secondary N) is 1. The van der Waals surface area contributed by atoms with Gasteiger partial charge in [0.2, 0.25) is 0 Å². The van der Waals surface area contributed by atoms with Crippen LogP contribution >= 0.6 is 11.8 Å². The maximum absolute atomic E-state index is 8.73. The van der Waals surface area contributed by atoms with Crippen molar-refractivity contribution in [3.8, 4) is 6.07 Å². The Bertz CT molecular complexity index is 203. The van der Waals surface area contributed by atoms with Crippen molar-refractivity contribution in [3.05, 3.63) is 0 Å². The molecule has 0 radical (unpaired) electrons. The van der Waals surface area contributed by atoms with Gasteiger partial charge in [0.05, 0.1) is 11.5 Å². The van der Waals surface area contributed by atoms with Gasteiger partial charge in [-0.25, -0.2) is 0 Å². The zero-order valence-corrected chi connectivity index (χ0v) is 8.83. The predicted octanol–water partition coefficient (Wildman–Crippen LogP) is 1.47. The summed E-state index contributed by atoms with van der Waals surface area (Å²) in [5.74, 6) is 0.761. The van der Waals surface area contributed by atoms with Gasteiger partial charge in [-0.05, 0) is 13.8 Å². The molecule has 0 aromatic heterocycles. The number of amidine groups is 1. The topological polar surface area (TPSA) is 48.2 Å². The summed E-state index contributed by atoms with van der Waals surface area (Å²) in [4.78, 5) is 4.00. The third-order valence-electron chi connectivity index (χ3n) is 1.29. The van der Waals surface area contributed by atoms with E-state index in [0.29, 0.717) is 0 Å². The zero-order chi connectivity index (χ0) is 9.61. The van der Waals surface area contributed by atoms with Gasteiger partial charge in [-0.2, -0.15) is 5.26 Å². The van der Waals surface area contributed by atoms with Gasteiger partial charge in [0.15, 0.2) is 5.17 Å². The quantitative estimate of drug-likeness (QED) is 0.523. The summed E-state index contributed by atoms with van der Waals surface area (Å²) in [6, 6.07) is 2.24. The summed E-state index contributed by atoms with van der Waals surface area (Å²) in [7, 11) is 3.56. The van der Waals surface area contributed by atoms with Crippen molar-refractivity contribution in [1.29, 1.82) is 5.26 Å². The molecule has 0 aromatic carbocycles. The third-order valence-corrected chi connectivity index (χ3v) is 2.82. The molecular formula is C8H15N3S. The van der Waals surface area contributed by atoms with Crippen LogP contribution in [0.3, 0.4) is 0 Å². The van der Waals surface area contributed by atoms with E-state index in [4.69, 9.17) is 5.26 Å².